The zero-order valence-corrected chi connectivity index (χ0v) is 11.0. The molecule has 1 rings (SSSR count). The summed E-state index contributed by atoms with van der Waals surface area (Å²) in [7, 11) is 0. The van der Waals surface area contributed by atoms with Crippen LogP contribution in [0.15, 0.2) is 6.20 Å². The second-order valence-corrected chi connectivity index (χ2v) is 4.13. The average Bonchev–Trinajstić information content (AvgIpc) is 2.32. The molecule has 0 aliphatic rings. The van der Waals surface area contributed by atoms with Gasteiger partial charge in [-0.2, -0.15) is 0 Å². The topological polar surface area (TPSA) is 102 Å². The number of carbonyl (C=O) groups is 2. The first kappa shape index (κ1) is 14.7. The van der Waals surface area contributed by atoms with E-state index in [2.05, 4.69) is 10.3 Å². The van der Waals surface area contributed by atoms with Crippen LogP contribution in [0.1, 0.15) is 41.3 Å². The Bertz CT molecular complexity index is 540. The van der Waals surface area contributed by atoms with Crippen LogP contribution in [-0.4, -0.2) is 21.7 Å². The fraction of sp³-hybridized carbons (Fsp3) is 0.417. The molecule has 0 fully saturated rings. The van der Waals surface area contributed by atoms with E-state index in [0.29, 0.717) is 17.5 Å². The van der Waals surface area contributed by atoms with Gasteiger partial charge in [-0.15, -0.1) is 0 Å². The third-order valence-corrected chi connectivity index (χ3v) is 2.77. The highest BCUT2D eigenvalue weighted by Crippen LogP contribution is 2.20. The van der Waals surface area contributed by atoms with E-state index >= 15 is 0 Å². The molecule has 0 unspecified atom stereocenters. The Hall–Kier alpha value is -2.31. The largest absolute Gasteiger partial charge is 0.366 e. The Morgan fingerprint density at radius 1 is 1.37 bits per heavy atom. The highest BCUT2D eigenvalue weighted by molar-refractivity contribution is 6.05. The van der Waals surface area contributed by atoms with Gasteiger partial charge in [0, 0.05) is 6.42 Å². The summed E-state index contributed by atoms with van der Waals surface area (Å²) in [5.74, 6) is -1.24. The van der Waals surface area contributed by atoms with Gasteiger partial charge in [0.05, 0.1) is 11.1 Å². The van der Waals surface area contributed by atoms with Gasteiger partial charge in [0.25, 0.3) is 5.91 Å². The van der Waals surface area contributed by atoms with Gasteiger partial charge in [-0.25, -0.2) is 0 Å². The van der Waals surface area contributed by atoms with E-state index in [1.807, 2.05) is 6.92 Å². The third-order valence-electron chi connectivity index (χ3n) is 2.77. The molecule has 0 aliphatic carbocycles. The first-order chi connectivity index (χ1) is 8.88. The minimum Gasteiger partial charge on any atom is -0.358 e. The summed E-state index contributed by atoms with van der Waals surface area (Å²) in [6, 6.07) is 0. The zero-order chi connectivity index (χ0) is 14.6. The molecule has 0 atom stereocenters. The van der Waals surface area contributed by atoms with Crippen LogP contribution in [0, 0.1) is 24.0 Å². The fourth-order valence-electron chi connectivity index (χ4n) is 1.59. The van der Waals surface area contributed by atoms with Gasteiger partial charge < -0.3 is 10.1 Å². The number of aromatic nitrogens is 1. The van der Waals surface area contributed by atoms with Crippen molar-refractivity contribution in [2.75, 3.05) is 0 Å². The fourth-order valence-corrected chi connectivity index (χ4v) is 1.59. The molecule has 19 heavy (non-hydrogen) atoms. The quantitative estimate of drug-likeness (QED) is 0.658. The number of amides is 2. The molecule has 0 saturated carbocycles. The molecule has 1 aromatic rings. The summed E-state index contributed by atoms with van der Waals surface area (Å²) >= 11 is 0. The van der Waals surface area contributed by atoms with Crippen molar-refractivity contribution in [3.05, 3.63) is 33.0 Å². The van der Waals surface area contributed by atoms with Crippen molar-refractivity contribution < 1.29 is 14.5 Å². The van der Waals surface area contributed by atoms with E-state index in [4.69, 9.17) is 0 Å². The number of hydrogen-bond donors (Lipinski definition) is 1. The van der Waals surface area contributed by atoms with Crippen LogP contribution in [0.5, 0.6) is 0 Å². The van der Waals surface area contributed by atoms with Gasteiger partial charge in [0.2, 0.25) is 5.91 Å². The molecule has 0 aliphatic heterocycles. The molecule has 0 radical (unpaired) electrons. The van der Waals surface area contributed by atoms with Crippen molar-refractivity contribution in [2.24, 2.45) is 0 Å². The van der Waals surface area contributed by atoms with Crippen LogP contribution in [-0.2, 0) is 4.79 Å². The van der Waals surface area contributed by atoms with E-state index in [-0.39, 0.29) is 23.7 Å². The number of rotatable bonds is 4. The maximum atomic E-state index is 11.8. The summed E-state index contributed by atoms with van der Waals surface area (Å²) < 4.78 is 0. The molecule has 1 heterocycles. The second kappa shape index (κ2) is 6.03. The van der Waals surface area contributed by atoms with Gasteiger partial charge in [-0.3, -0.25) is 14.9 Å². The number of nitro groups is 1. The highest BCUT2D eigenvalue weighted by Gasteiger charge is 2.21. The Morgan fingerprint density at radius 2 is 2.00 bits per heavy atom. The number of pyridine rings is 1. The lowest BCUT2D eigenvalue weighted by Gasteiger charge is -2.07. The monoisotopic (exact) mass is 265 g/mol. The van der Waals surface area contributed by atoms with Gasteiger partial charge >= 0.3 is 5.82 Å². The minimum atomic E-state index is -0.605. The smallest absolute Gasteiger partial charge is 0.358 e. The molecule has 2 amide bonds. The van der Waals surface area contributed by atoms with Crippen molar-refractivity contribution >= 4 is 17.6 Å². The second-order valence-electron chi connectivity index (χ2n) is 4.13. The van der Waals surface area contributed by atoms with Gasteiger partial charge in [0.15, 0.2) is 6.20 Å². The standard InChI is InChI=1S/C12H15N3O4/c1-4-5-10(16)14-12(17)9-6-13-11(15(18)19)8(3)7(9)2/h6H,4-5H2,1-3H3,(H,14,16,17). The first-order valence-electron chi connectivity index (χ1n) is 5.83. The van der Waals surface area contributed by atoms with Crippen molar-refractivity contribution in [1.29, 1.82) is 0 Å². The summed E-state index contributed by atoms with van der Waals surface area (Å²) in [6.07, 6.45) is 2.01. The Kier molecular flexibility index (Phi) is 4.68. The average molecular weight is 265 g/mol. The lowest BCUT2D eigenvalue weighted by molar-refractivity contribution is -0.390. The Morgan fingerprint density at radius 3 is 2.53 bits per heavy atom. The summed E-state index contributed by atoms with van der Waals surface area (Å²) in [5, 5.41) is 12.9. The van der Waals surface area contributed by atoms with Crippen molar-refractivity contribution in [3.8, 4) is 0 Å². The van der Waals surface area contributed by atoms with Gasteiger partial charge in [-0.05, 0) is 35.7 Å². The predicted molar refractivity (Wildman–Crippen MR) is 67.7 cm³/mol. The maximum absolute atomic E-state index is 11.8. The van der Waals surface area contributed by atoms with E-state index in [1.165, 1.54) is 6.92 Å². The SMILES string of the molecule is CCCC(=O)NC(=O)c1cnc([N+](=O)[O-])c(C)c1C. The van der Waals surface area contributed by atoms with E-state index in [9.17, 15) is 19.7 Å². The van der Waals surface area contributed by atoms with Crippen LogP contribution >= 0.6 is 0 Å². The maximum Gasteiger partial charge on any atom is 0.366 e. The molecule has 0 saturated heterocycles. The molecule has 7 nitrogen and oxygen atoms in total. The molecule has 0 bridgehead atoms. The van der Waals surface area contributed by atoms with Crippen LogP contribution in [0.25, 0.3) is 0 Å². The van der Waals surface area contributed by atoms with Crippen LogP contribution in [0.2, 0.25) is 0 Å². The molecule has 1 N–H and O–H groups in total. The van der Waals surface area contributed by atoms with E-state index in [0.717, 1.165) is 6.20 Å². The summed E-state index contributed by atoms with van der Waals surface area (Å²) in [4.78, 5) is 36.9. The first-order valence-corrected chi connectivity index (χ1v) is 5.83. The molecule has 0 aromatic carbocycles. The van der Waals surface area contributed by atoms with Crippen LogP contribution in [0.4, 0.5) is 5.82 Å². The third kappa shape index (κ3) is 3.34. The zero-order valence-electron chi connectivity index (χ0n) is 11.0. The lowest BCUT2D eigenvalue weighted by atomic mass is 10.1. The normalized spacial score (nSPS) is 10.1. The lowest BCUT2D eigenvalue weighted by Crippen LogP contribution is -2.30. The Balaban J connectivity index is 3.03. The van der Waals surface area contributed by atoms with Crippen molar-refractivity contribution in [1.82, 2.24) is 10.3 Å². The number of carbonyl (C=O) groups excluding carboxylic acids is 2. The van der Waals surface area contributed by atoms with Crippen molar-refractivity contribution in [3.63, 3.8) is 0 Å². The van der Waals surface area contributed by atoms with E-state index in [1.54, 1.807) is 6.92 Å². The highest BCUT2D eigenvalue weighted by atomic mass is 16.6. The predicted octanol–water partition coefficient (Wildman–Crippen LogP) is 1.66. The molecule has 7 heteroatoms. The summed E-state index contributed by atoms with van der Waals surface area (Å²) in [5.41, 5.74) is 0.941. The van der Waals surface area contributed by atoms with Crippen molar-refractivity contribution in [2.45, 2.75) is 33.6 Å². The number of hydrogen-bond acceptors (Lipinski definition) is 5. The summed E-state index contributed by atoms with van der Waals surface area (Å²) in [6.45, 7) is 4.93. The van der Waals surface area contributed by atoms with Crippen LogP contribution < -0.4 is 5.32 Å². The molecular weight excluding hydrogens is 250 g/mol. The van der Waals surface area contributed by atoms with Crippen LogP contribution in [0.3, 0.4) is 0 Å². The number of imide groups is 1. The molecule has 102 valence electrons. The van der Waals surface area contributed by atoms with E-state index < -0.39 is 10.8 Å². The molecular formula is C12H15N3O4. The minimum absolute atomic E-state index is 0.174. The number of nitrogens with one attached hydrogen (secondary N) is 1. The van der Waals surface area contributed by atoms with Gasteiger partial charge in [-0.1, -0.05) is 6.92 Å². The molecule has 0 spiro atoms. The van der Waals surface area contributed by atoms with Gasteiger partial charge in [0.1, 0.15) is 0 Å². The Labute approximate surface area is 110 Å². The number of nitrogens with zero attached hydrogens (tertiary/aromatic N) is 2. The molecule has 1 aromatic heterocycles.